The van der Waals surface area contributed by atoms with Crippen LogP contribution in [0.25, 0.3) is 211 Å². The van der Waals surface area contributed by atoms with E-state index in [2.05, 4.69) is 390 Å². The van der Waals surface area contributed by atoms with Crippen LogP contribution in [0.2, 0.25) is 0 Å². The molecular weight excluding hydrogens is 1430 g/mol. The van der Waals surface area contributed by atoms with Gasteiger partial charge in [-0.05, 0) is 243 Å². The molecule has 0 fully saturated rings. The topological polar surface area (TPSA) is 61.4 Å². The Morgan fingerprint density at radius 2 is 0.754 bits per heavy atom. The van der Waals surface area contributed by atoms with Gasteiger partial charge >= 0.3 is 0 Å². The molecule has 0 N–H and O–H groups in total. The van der Waals surface area contributed by atoms with E-state index in [-0.39, 0.29) is 10.8 Å². The van der Waals surface area contributed by atoms with Crippen LogP contribution in [-0.4, -0.2) is 29.1 Å². The quantitative estimate of drug-likeness (QED) is 0.144. The zero-order valence-corrected chi connectivity index (χ0v) is 66.6. The zero-order valence-electron chi connectivity index (χ0n) is 66.6. The number of aromatic nitrogens is 6. The van der Waals surface area contributed by atoms with Gasteiger partial charge in [-0.3, -0.25) is 0 Å². The lowest BCUT2D eigenvalue weighted by atomic mass is 9.81. The summed E-state index contributed by atoms with van der Waals surface area (Å²) in [4.78, 5) is 21.8. The molecule has 2 atom stereocenters. The van der Waals surface area contributed by atoms with Gasteiger partial charge in [-0.25, -0.2) is 19.9 Å². The molecule has 118 heavy (non-hydrogen) atoms. The van der Waals surface area contributed by atoms with Crippen LogP contribution in [0.1, 0.15) is 86.1 Å². The van der Waals surface area contributed by atoms with Crippen molar-refractivity contribution < 1.29 is 0 Å². The van der Waals surface area contributed by atoms with Crippen molar-refractivity contribution in [1.29, 1.82) is 0 Å². The van der Waals surface area contributed by atoms with Crippen molar-refractivity contribution in [2.75, 3.05) is 0 Å². The average molecular weight is 1510 g/mol. The summed E-state index contributed by atoms with van der Waals surface area (Å²) in [5.74, 6) is 2.20. The summed E-state index contributed by atoms with van der Waals surface area (Å²) in [6.45, 7) is 14.1. The molecule has 4 aliphatic carbocycles. The summed E-state index contributed by atoms with van der Waals surface area (Å²) in [7, 11) is 0. The second kappa shape index (κ2) is 25.6. The number of nitrogens with zero attached hydrogens (tertiary/aromatic N) is 6. The predicted molar refractivity (Wildman–Crippen MR) is 493 cm³/mol. The SMILES string of the molecule is CC1C=Cc2c(c3ccccc3c3c4c5ccccc5ccc4n(-c4ccc(-c5nc(-c6ccccc6)cc(-c6ccc7c(c6)C(C)(C)c6ccc(-c8ccc9cc%10c%11c%12ccccc%12c%12c(c%11n(-c%11ccc(-c%13nc(-c%14ccccc%14)cc(-c%14ccc%15c(c%14)C(C)(C)c%14ccccc%14-%15)n%13)cc%11)c%10cc9c8)CC(C)C=C%12)cc6-7)n5)cc4)c23)C1. The van der Waals surface area contributed by atoms with Gasteiger partial charge in [0, 0.05) is 82.7 Å². The third-order valence-corrected chi connectivity index (χ3v) is 26.8. The first-order valence-corrected chi connectivity index (χ1v) is 41.7. The molecule has 20 aromatic rings. The highest BCUT2D eigenvalue weighted by Gasteiger charge is 2.38. The van der Waals surface area contributed by atoms with Crippen molar-refractivity contribution in [2.45, 2.75) is 65.2 Å². The molecule has 0 spiro atoms. The highest BCUT2D eigenvalue weighted by molar-refractivity contribution is 6.31. The summed E-state index contributed by atoms with van der Waals surface area (Å²) in [5.41, 5.74) is 34.5. The van der Waals surface area contributed by atoms with Gasteiger partial charge in [0.05, 0.1) is 44.8 Å². The fraction of sp³-hybridized carbons (Fsp3) is 0.107. The summed E-state index contributed by atoms with van der Waals surface area (Å²) >= 11 is 0. The maximum atomic E-state index is 5.53. The van der Waals surface area contributed by atoms with Crippen molar-refractivity contribution in [1.82, 2.24) is 29.1 Å². The van der Waals surface area contributed by atoms with Gasteiger partial charge in [-0.2, -0.15) is 0 Å². The molecule has 2 unspecified atom stereocenters. The second-order valence-electron chi connectivity index (χ2n) is 34.5. The summed E-state index contributed by atoms with van der Waals surface area (Å²) in [5, 5.41) is 15.2. The Morgan fingerprint density at radius 3 is 1.40 bits per heavy atom. The summed E-state index contributed by atoms with van der Waals surface area (Å²) in [6, 6.07) is 117. The van der Waals surface area contributed by atoms with E-state index in [0.29, 0.717) is 23.5 Å². The van der Waals surface area contributed by atoms with Crippen LogP contribution >= 0.6 is 0 Å². The summed E-state index contributed by atoms with van der Waals surface area (Å²) < 4.78 is 5.09. The van der Waals surface area contributed by atoms with Crippen LogP contribution in [-0.2, 0) is 23.7 Å². The van der Waals surface area contributed by atoms with Crippen molar-refractivity contribution >= 4 is 98.9 Å². The molecule has 0 bridgehead atoms. The molecule has 0 aliphatic heterocycles. The molecule has 0 saturated heterocycles. The maximum Gasteiger partial charge on any atom is 0.160 e. The monoisotopic (exact) mass is 1510 g/mol. The Kier molecular flexibility index (Phi) is 14.8. The molecule has 16 aromatic carbocycles. The van der Waals surface area contributed by atoms with E-state index in [1.54, 1.807) is 0 Å². The van der Waals surface area contributed by atoms with Crippen LogP contribution in [0.3, 0.4) is 0 Å². The van der Waals surface area contributed by atoms with Gasteiger partial charge in [0.25, 0.3) is 0 Å². The van der Waals surface area contributed by atoms with E-state index < -0.39 is 0 Å². The minimum absolute atomic E-state index is 0.149. The highest BCUT2D eigenvalue weighted by Crippen LogP contribution is 2.54. The van der Waals surface area contributed by atoms with Gasteiger partial charge in [-0.1, -0.05) is 278 Å². The van der Waals surface area contributed by atoms with Crippen LogP contribution < -0.4 is 0 Å². The number of benzene rings is 16. The number of hydrogen-bond acceptors (Lipinski definition) is 4. The van der Waals surface area contributed by atoms with E-state index in [4.69, 9.17) is 19.9 Å². The minimum atomic E-state index is -0.292. The molecular formula is C112H80N6. The first-order valence-electron chi connectivity index (χ1n) is 41.7. The van der Waals surface area contributed by atoms with Gasteiger partial charge in [0.2, 0.25) is 0 Å². The third-order valence-electron chi connectivity index (χ3n) is 26.8. The van der Waals surface area contributed by atoms with Gasteiger partial charge in [0.15, 0.2) is 11.6 Å². The largest absolute Gasteiger partial charge is 0.309 e. The molecule has 0 saturated carbocycles. The number of fused-ring (bicyclic) bond motifs is 25. The molecule has 6 nitrogen and oxygen atoms in total. The number of rotatable bonds is 9. The van der Waals surface area contributed by atoms with Gasteiger partial charge in [-0.15, -0.1) is 0 Å². The molecule has 558 valence electrons. The normalized spacial score (nSPS) is 15.4. The van der Waals surface area contributed by atoms with E-state index in [0.717, 1.165) is 80.4 Å². The fourth-order valence-corrected chi connectivity index (χ4v) is 20.9. The molecule has 0 amide bonds. The Balaban J connectivity index is 0.599. The smallest absolute Gasteiger partial charge is 0.160 e. The molecule has 6 heteroatoms. The van der Waals surface area contributed by atoms with Gasteiger partial charge < -0.3 is 9.13 Å². The Bertz CT molecular complexity index is 7800. The van der Waals surface area contributed by atoms with Crippen LogP contribution in [0.5, 0.6) is 0 Å². The molecule has 4 aromatic heterocycles. The van der Waals surface area contributed by atoms with E-state index >= 15 is 0 Å². The van der Waals surface area contributed by atoms with Crippen LogP contribution in [0.15, 0.2) is 328 Å². The number of allylic oxidation sites excluding steroid dienone is 2. The van der Waals surface area contributed by atoms with Crippen molar-refractivity contribution in [3.8, 4) is 113 Å². The first-order chi connectivity index (χ1) is 57.8. The fourth-order valence-electron chi connectivity index (χ4n) is 20.9. The second-order valence-corrected chi connectivity index (χ2v) is 34.5. The number of hydrogen-bond donors (Lipinski definition) is 0. The maximum absolute atomic E-state index is 5.53. The van der Waals surface area contributed by atoms with E-state index in [9.17, 15) is 0 Å². The minimum Gasteiger partial charge on any atom is -0.309 e. The lowest BCUT2D eigenvalue weighted by Crippen LogP contribution is -2.15. The van der Waals surface area contributed by atoms with E-state index in [1.165, 1.54) is 165 Å². The van der Waals surface area contributed by atoms with Gasteiger partial charge in [0.1, 0.15) is 0 Å². The molecule has 4 heterocycles. The molecule has 0 radical (unpaired) electrons. The highest BCUT2D eigenvalue weighted by atomic mass is 15.0. The lowest BCUT2D eigenvalue weighted by Gasteiger charge is -2.22. The third kappa shape index (κ3) is 10.3. The summed E-state index contributed by atoms with van der Waals surface area (Å²) in [6.07, 6.45) is 11.5. The van der Waals surface area contributed by atoms with Crippen molar-refractivity contribution in [3.05, 3.63) is 372 Å². The Morgan fingerprint density at radius 1 is 0.280 bits per heavy atom. The van der Waals surface area contributed by atoms with Crippen LogP contribution in [0.4, 0.5) is 0 Å². The van der Waals surface area contributed by atoms with Crippen molar-refractivity contribution in [2.24, 2.45) is 11.8 Å². The standard InChI is InChI=1S/C112H80N6/c1-65-34-50-89-90(55-65)82-28-16-18-31-88(82)106-105-80-26-14-13-21-67(80)44-54-102(105)117(107(89)106)78-45-37-70(38-46-78)109-113-99(69-24-11-8-12-25-69)64-101(116-109)76-42-52-86-91-58-73(43-53-95(91)112(5,6)97(86)61-76)72-35-36-74-59-93-103(62-77(74)57-72)118(108-92-56-66(2)33-49-83(92)81-27-15-17-30-87(81)104(93)108)79-47-39-71(40-48-79)110-114-98(68-22-9-7-10-23-68)63-100(115-110)75-41-51-85-84-29-19-20-32-94(84)111(3,4)96(85)60-75/h7-54,57-66H,55-56H2,1-6H3. The molecule has 4 aliphatic rings. The lowest BCUT2D eigenvalue weighted by molar-refractivity contribution is 0.660. The van der Waals surface area contributed by atoms with Crippen LogP contribution in [0, 0.1) is 11.8 Å². The zero-order chi connectivity index (χ0) is 78.6. The predicted octanol–water partition coefficient (Wildman–Crippen LogP) is 28.8. The van der Waals surface area contributed by atoms with E-state index in [1.807, 2.05) is 0 Å². The first kappa shape index (κ1) is 68.2. The Labute approximate surface area is 685 Å². The Hall–Kier alpha value is -14.2. The van der Waals surface area contributed by atoms with Crippen molar-refractivity contribution in [3.63, 3.8) is 0 Å². The average Bonchev–Trinajstić information content (AvgIpc) is 1.55. The molecule has 24 rings (SSSR count).